The minimum atomic E-state index is -0.900. The molecule has 2 unspecified atom stereocenters. The molecule has 2 aromatic rings. The van der Waals surface area contributed by atoms with Gasteiger partial charge in [-0.25, -0.2) is 0 Å². The number of carbonyl (C=O) groups excluding carboxylic acids is 2. The number of nitrogens with zero attached hydrogens (tertiary/aromatic N) is 1. The number of allylic oxidation sites excluding steroid dienone is 2. The Morgan fingerprint density at radius 3 is 1.94 bits per heavy atom. The van der Waals surface area contributed by atoms with E-state index in [1.54, 1.807) is 13.8 Å². The Morgan fingerprint density at radius 1 is 0.917 bits per heavy atom. The highest BCUT2D eigenvalue weighted by atomic mass is 16.2. The van der Waals surface area contributed by atoms with Crippen LogP contribution in [0.3, 0.4) is 0 Å². The smallest absolute Gasteiger partial charge is 0.247 e. The molecule has 2 amide bonds. The van der Waals surface area contributed by atoms with E-state index in [4.69, 9.17) is 11.5 Å². The van der Waals surface area contributed by atoms with E-state index in [0.717, 1.165) is 17.7 Å². The van der Waals surface area contributed by atoms with Crippen LogP contribution in [0.1, 0.15) is 84.9 Å². The number of amides is 2. The van der Waals surface area contributed by atoms with Gasteiger partial charge in [0.15, 0.2) is 0 Å². The lowest BCUT2D eigenvalue weighted by atomic mass is 9.78. The number of fused-ring (bicyclic) bond motifs is 2. The zero-order valence-corrected chi connectivity index (χ0v) is 23.4. The Kier molecular flexibility index (Phi) is 10.1. The summed E-state index contributed by atoms with van der Waals surface area (Å²) in [6.07, 6.45) is 1.67. The first kappa shape index (κ1) is 29.3. The summed E-state index contributed by atoms with van der Waals surface area (Å²) in [6.45, 7) is 17.0. The van der Waals surface area contributed by atoms with Gasteiger partial charge < -0.3 is 16.4 Å². The molecule has 0 radical (unpaired) electrons. The molecule has 36 heavy (non-hydrogen) atoms. The number of anilines is 1. The lowest BCUT2D eigenvalue weighted by Crippen LogP contribution is -2.53. The number of carbonyl (C=O) groups is 2. The van der Waals surface area contributed by atoms with Crippen molar-refractivity contribution in [3.8, 4) is 0 Å². The van der Waals surface area contributed by atoms with Crippen molar-refractivity contribution in [2.24, 2.45) is 29.2 Å². The van der Waals surface area contributed by atoms with Crippen molar-refractivity contribution in [2.75, 3.05) is 4.90 Å². The molecule has 0 saturated heterocycles. The van der Waals surface area contributed by atoms with Crippen LogP contribution in [0.5, 0.6) is 0 Å². The molecule has 4 N–H and O–H groups in total. The summed E-state index contributed by atoms with van der Waals surface area (Å²) in [5.74, 6) is 0.477. The summed E-state index contributed by atoms with van der Waals surface area (Å²) in [6, 6.07) is 16.9. The first-order valence-corrected chi connectivity index (χ1v) is 13.2. The van der Waals surface area contributed by atoms with E-state index in [9.17, 15) is 9.59 Å². The fourth-order valence-corrected chi connectivity index (χ4v) is 4.40. The number of nitrogens with two attached hydrogens (primary N) is 2. The molecule has 1 aliphatic rings. The van der Waals surface area contributed by atoms with Crippen LogP contribution in [-0.4, -0.2) is 17.4 Å². The highest BCUT2D eigenvalue weighted by Gasteiger charge is 2.35. The quantitative estimate of drug-likeness (QED) is 0.490. The van der Waals surface area contributed by atoms with E-state index in [0.29, 0.717) is 24.8 Å². The average molecular weight is 492 g/mol. The zero-order chi connectivity index (χ0) is 27.2. The third kappa shape index (κ3) is 6.44. The molecule has 0 aliphatic carbocycles. The van der Waals surface area contributed by atoms with Crippen molar-refractivity contribution < 1.29 is 9.59 Å². The maximum Gasteiger partial charge on any atom is 0.247 e. The Balaban J connectivity index is 0.000000678. The van der Waals surface area contributed by atoms with Gasteiger partial charge in [0.2, 0.25) is 11.8 Å². The van der Waals surface area contributed by atoms with E-state index < -0.39 is 5.54 Å². The molecular formula is C31H45N3O2. The number of benzene rings is 2. The lowest BCUT2D eigenvalue weighted by Gasteiger charge is -2.37. The molecular weight excluding hydrogens is 446 g/mol. The van der Waals surface area contributed by atoms with Gasteiger partial charge in [-0.3, -0.25) is 9.59 Å². The minimum Gasteiger partial charge on any atom is -0.369 e. The van der Waals surface area contributed by atoms with Crippen LogP contribution >= 0.6 is 0 Å². The standard InChI is InChI=1S/C27H36N2O.C4H9NO/c1-7-19(5)25-21-14-10-9-13-20(21)17-29(26(30)27(6,28)8-2)23-16-12-11-15-22(23)24(25)18(3)4;1-3(2)4(5)6/h9-16,18-19H,7-8,17,28H2,1-6H3;3H,1-2H3,(H2,5,6)/b25-24-;. The fourth-order valence-electron chi connectivity index (χ4n) is 4.40. The van der Waals surface area contributed by atoms with Crippen molar-refractivity contribution in [2.45, 2.75) is 80.3 Å². The van der Waals surface area contributed by atoms with E-state index in [1.165, 1.54) is 22.3 Å². The van der Waals surface area contributed by atoms with Crippen molar-refractivity contribution in [3.05, 3.63) is 65.2 Å². The maximum atomic E-state index is 13.6. The first-order chi connectivity index (χ1) is 16.9. The Hall–Kier alpha value is -2.92. The third-order valence-electron chi connectivity index (χ3n) is 7.13. The number of hydrogen-bond acceptors (Lipinski definition) is 3. The van der Waals surface area contributed by atoms with Gasteiger partial charge in [0.1, 0.15) is 0 Å². The molecule has 2 aromatic carbocycles. The molecule has 0 aromatic heterocycles. The Morgan fingerprint density at radius 2 is 1.44 bits per heavy atom. The van der Waals surface area contributed by atoms with Crippen LogP contribution in [0.25, 0.3) is 11.1 Å². The number of hydrogen-bond donors (Lipinski definition) is 2. The van der Waals surface area contributed by atoms with Gasteiger partial charge in [-0.15, -0.1) is 0 Å². The number of primary amides is 1. The molecule has 3 rings (SSSR count). The van der Waals surface area contributed by atoms with Crippen molar-refractivity contribution >= 4 is 28.6 Å². The zero-order valence-electron chi connectivity index (χ0n) is 23.4. The molecule has 1 aliphatic heterocycles. The van der Waals surface area contributed by atoms with Crippen molar-refractivity contribution in [1.82, 2.24) is 0 Å². The molecule has 0 spiro atoms. The lowest BCUT2D eigenvalue weighted by molar-refractivity contribution is -0.123. The fraction of sp³-hybridized carbons (Fsp3) is 0.484. The molecule has 1 heterocycles. The summed E-state index contributed by atoms with van der Waals surface area (Å²) in [7, 11) is 0. The van der Waals surface area contributed by atoms with Crippen LogP contribution in [0, 0.1) is 17.8 Å². The molecule has 196 valence electrons. The molecule has 0 bridgehead atoms. The van der Waals surface area contributed by atoms with Crippen LogP contribution < -0.4 is 16.4 Å². The van der Waals surface area contributed by atoms with E-state index in [1.807, 2.05) is 24.8 Å². The van der Waals surface area contributed by atoms with Gasteiger partial charge in [-0.1, -0.05) is 90.9 Å². The molecule has 2 atom stereocenters. The monoisotopic (exact) mass is 491 g/mol. The van der Waals surface area contributed by atoms with E-state index in [-0.39, 0.29) is 17.7 Å². The number of para-hydroxylation sites is 1. The second-order valence-electron chi connectivity index (χ2n) is 10.7. The van der Waals surface area contributed by atoms with E-state index in [2.05, 4.69) is 70.2 Å². The van der Waals surface area contributed by atoms with Gasteiger partial charge in [0.05, 0.1) is 17.8 Å². The second kappa shape index (κ2) is 12.4. The van der Waals surface area contributed by atoms with Crippen LogP contribution in [0.15, 0.2) is 48.5 Å². The summed E-state index contributed by atoms with van der Waals surface area (Å²) >= 11 is 0. The topological polar surface area (TPSA) is 89.4 Å². The summed E-state index contributed by atoms with van der Waals surface area (Å²) in [5.41, 5.74) is 17.6. The SMILES string of the molecule is CC(C)C(N)=O.CCC(C)/C1=C(\C(C)C)c2ccccc2N(C(=O)C(C)(N)CC)Cc2ccccc21. The maximum absolute atomic E-state index is 13.6. The van der Waals surface area contributed by atoms with Gasteiger partial charge in [0, 0.05) is 11.5 Å². The highest BCUT2D eigenvalue weighted by Crippen LogP contribution is 2.44. The van der Waals surface area contributed by atoms with E-state index >= 15 is 0 Å². The third-order valence-corrected chi connectivity index (χ3v) is 7.13. The highest BCUT2D eigenvalue weighted by molar-refractivity contribution is 6.05. The van der Waals surface area contributed by atoms with Gasteiger partial charge in [-0.05, 0) is 59.9 Å². The first-order valence-electron chi connectivity index (χ1n) is 13.2. The second-order valence-corrected chi connectivity index (χ2v) is 10.7. The van der Waals surface area contributed by atoms with Crippen LogP contribution in [0.2, 0.25) is 0 Å². The van der Waals surface area contributed by atoms with Gasteiger partial charge in [0.25, 0.3) is 0 Å². The Bertz CT molecular complexity index is 1100. The Labute approximate surface area is 217 Å². The average Bonchev–Trinajstić information content (AvgIpc) is 2.84. The van der Waals surface area contributed by atoms with Crippen molar-refractivity contribution in [1.29, 1.82) is 0 Å². The molecule has 0 fully saturated rings. The van der Waals surface area contributed by atoms with Crippen LogP contribution in [0.4, 0.5) is 5.69 Å². The predicted octanol–water partition coefficient (Wildman–Crippen LogP) is 6.40. The summed E-state index contributed by atoms with van der Waals surface area (Å²) in [5, 5.41) is 0. The molecule has 0 saturated carbocycles. The van der Waals surface area contributed by atoms with Gasteiger partial charge in [-0.2, -0.15) is 0 Å². The summed E-state index contributed by atoms with van der Waals surface area (Å²) in [4.78, 5) is 25.5. The predicted molar refractivity (Wildman–Crippen MR) is 152 cm³/mol. The normalized spacial score (nSPS) is 17.7. The minimum absolute atomic E-state index is 0.00926. The summed E-state index contributed by atoms with van der Waals surface area (Å²) < 4.78 is 0. The van der Waals surface area contributed by atoms with Gasteiger partial charge >= 0.3 is 0 Å². The van der Waals surface area contributed by atoms with Crippen molar-refractivity contribution in [3.63, 3.8) is 0 Å². The number of rotatable bonds is 6. The molecule has 5 nitrogen and oxygen atoms in total. The van der Waals surface area contributed by atoms with Crippen LogP contribution in [-0.2, 0) is 16.1 Å². The molecule has 5 heteroatoms. The largest absolute Gasteiger partial charge is 0.369 e.